The van der Waals surface area contributed by atoms with Crippen LogP contribution in [0.15, 0.2) is 6.07 Å². The lowest BCUT2D eigenvalue weighted by molar-refractivity contribution is 0.183. The summed E-state index contributed by atoms with van der Waals surface area (Å²) in [5, 5.41) is 3.29. The molecule has 2 rings (SSSR count). The standard InChI is InChI=1S/C14H24N4O/c1-5-15-12-8-13(18(3)10(2)9-19-4)17-14(16-12)11-6-7-11/h8,10-11H,5-7,9H2,1-4H3,(H,15,16,17). The maximum Gasteiger partial charge on any atom is 0.136 e. The molecule has 5 heteroatoms. The molecule has 0 aromatic carbocycles. The van der Waals surface area contributed by atoms with Gasteiger partial charge in [0.25, 0.3) is 0 Å². The van der Waals surface area contributed by atoms with Gasteiger partial charge in [-0.2, -0.15) is 0 Å². The van der Waals surface area contributed by atoms with Crippen LogP contribution < -0.4 is 10.2 Å². The Bertz CT molecular complexity index is 420. The van der Waals surface area contributed by atoms with E-state index in [0.29, 0.717) is 18.6 Å². The number of anilines is 2. The molecule has 1 unspecified atom stereocenters. The molecule has 1 fully saturated rings. The average Bonchev–Trinajstić information content (AvgIpc) is 3.22. The van der Waals surface area contributed by atoms with E-state index < -0.39 is 0 Å². The first-order valence-corrected chi connectivity index (χ1v) is 7.00. The summed E-state index contributed by atoms with van der Waals surface area (Å²) in [5.74, 6) is 3.43. The van der Waals surface area contributed by atoms with Crippen LogP contribution in [0, 0.1) is 0 Å². The summed E-state index contributed by atoms with van der Waals surface area (Å²) in [6.45, 7) is 5.78. The van der Waals surface area contributed by atoms with Crippen molar-refractivity contribution in [1.29, 1.82) is 0 Å². The quantitative estimate of drug-likeness (QED) is 0.818. The summed E-state index contributed by atoms with van der Waals surface area (Å²) in [6.07, 6.45) is 2.43. The third kappa shape index (κ3) is 3.56. The van der Waals surface area contributed by atoms with Crippen LogP contribution in [0.25, 0.3) is 0 Å². The number of methoxy groups -OCH3 is 1. The lowest BCUT2D eigenvalue weighted by Gasteiger charge is -2.26. The number of rotatable bonds is 7. The summed E-state index contributed by atoms with van der Waals surface area (Å²) >= 11 is 0. The van der Waals surface area contributed by atoms with Crippen LogP contribution in [0.3, 0.4) is 0 Å². The molecule has 5 nitrogen and oxygen atoms in total. The van der Waals surface area contributed by atoms with Gasteiger partial charge >= 0.3 is 0 Å². The second-order valence-corrected chi connectivity index (χ2v) is 5.19. The van der Waals surface area contributed by atoms with Crippen LogP contribution in [-0.4, -0.2) is 43.3 Å². The molecular weight excluding hydrogens is 240 g/mol. The Morgan fingerprint density at radius 2 is 2.21 bits per heavy atom. The second kappa shape index (κ2) is 6.19. The monoisotopic (exact) mass is 264 g/mol. The van der Waals surface area contributed by atoms with Crippen LogP contribution in [0.1, 0.15) is 38.4 Å². The van der Waals surface area contributed by atoms with Crippen LogP contribution in [0.4, 0.5) is 11.6 Å². The van der Waals surface area contributed by atoms with Crippen molar-refractivity contribution in [1.82, 2.24) is 9.97 Å². The molecule has 1 aliphatic carbocycles. The molecule has 1 N–H and O–H groups in total. The van der Waals surface area contributed by atoms with E-state index >= 15 is 0 Å². The molecule has 0 saturated heterocycles. The molecule has 0 amide bonds. The molecule has 0 aliphatic heterocycles. The highest BCUT2D eigenvalue weighted by atomic mass is 16.5. The minimum Gasteiger partial charge on any atom is -0.383 e. The van der Waals surface area contributed by atoms with E-state index in [4.69, 9.17) is 9.72 Å². The van der Waals surface area contributed by atoms with Crippen molar-refractivity contribution in [3.8, 4) is 0 Å². The number of ether oxygens (including phenoxy) is 1. The molecule has 106 valence electrons. The third-order valence-corrected chi connectivity index (χ3v) is 3.46. The van der Waals surface area contributed by atoms with Gasteiger partial charge in [-0.1, -0.05) is 0 Å². The van der Waals surface area contributed by atoms with Gasteiger partial charge < -0.3 is 15.0 Å². The van der Waals surface area contributed by atoms with Gasteiger partial charge in [-0.25, -0.2) is 9.97 Å². The Labute approximate surface area is 115 Å². The Hall–Kier alpha value is -1.36. The van der Waals surface area contributed by atoms with E-state index in [1.807, 2.05) is 6.07 Å². The van der Waals surface area contributed by atoms with Gasteiger partial charge in [-0.05, 0) is 26.7 Å². The van der Waals surface area contributed by atoms with Gasteiger partial charge in [-0.3, -0.25) is 0 Å². The highest BCUT2D eigenvalue weighted by Gasteiger charge is 2.28. The fourth-order valence-electron chi connectivity index (χ4n) is 2.01. The zero-order valence-electron chi connectivity index (χ0n) is 12.3. The lowest BCUT2D eigenvalue weighted by Crippen LogP contribution is -2.33. The first-order chi connectivity index (χ1) is 9.15. The maximum atomic E-state index is 5.21. The topological polar surface area (TPSA) is 50.3 Å². The van der Waals surface area contributed by atoms with Gasteiger partial charge in [0.2, 0.25) is 0 Å². The van der Waals surface area contributed by atoms with Crippen LogP contribution >= 0.6 is 0 Å². The summed E-state index contributed by atoms with van der Waals surface area (Å²) in [7, 11) is 3.78. The van der Waals surface area contributed by atoms with Gasteiger partial charge in [0.05, 0.1) is 12.6 Å². The minimum atomic E-state index is 0.293. The molecule has 0 radical (unpaired) electrons. The van der Waals surface area contributed by atoms with Crippen molar-refractivity contribution in [2.75, 3.05) is 37.5 Å². The first-order valence-electron chi connectivity index (χ1n) is 7.00. The first kappa shape index (κ1) is 14.1. The van der Waals surface area contributed by atoms with E-state index in [-0.39, 0.29) is 0 Å². The Morgan fingerprint density at radius 1 is 1.47 bits per heavy atom. The minimum absolute atomic E-state index is 0.293. The fourth-order valence-corrected chi connectivity index (χ4v) is 2.01. The van der Waals surface area contributed by atoms with Gasteiger partial charge in [0, 0.05) is 32.7 Å². The number of likely N-dealkylation sites (N-methyl/N-ethyl adjacent to an activating group) is 1. The predicted molar refractivity (Wildman–Crippen MR) is 77.9 cm³/mol. The highest BCUT2D eigenvalue weighted by Crippen LogP contribution is 2.39. The number of nitrogens with zero attached hydrogens (tertiary/aromatic N) is 3. The molecule has 1 aliphatic rings. The molecule has 1 heterocycles. The van der Waals surface area contributed by atoms with E-state index in [9.17, 15) is 0 Å². The molecule has 19 heavy (non-hydrogen) atoms. The summed E-state index contributed by atoms with van der Waals surface area (Å²) in [6, 6.07) is 2.31. The van der Waals surface area contributed by atoms with Crippen molar-refractivity contribution in [2.45, 2.75) is 38.6 Å². The van der Waals surface area contributed by atoms with Crippen molar-refractivity contribution >= 4 is 11.6 Å². The number of nitrogens with one attached hydrogen (secondary N) is 1. The molecule has 1 aromatic rings. The summed E-state index contributed by atoms with van der Waals surface area (Å²) in [5.41, 5.74) is 0. The molecule has 0 spiro atoms. The van der Waals surface area contributed by atoms with Gasteiger partial charge in [-0.15, -0.1) is 0 Å². The van der Waals surface area contributed by atoms with E-state index in [0.717, 1.165) is 24.0 Å². The Kier molecular flexibility index (Phi) is 4.58. The molecule has 1 saturated carbocycles. The average molecular weight is 264 g/mol. The Morgan fingerprint density at radius 3 is 2.79 bits per heavy atom. The molecular formula is C14H24N4O. The Balaban J connectivity index is 2.22. The van der Waals surface area contributed by atoms with Crippen LogP contribution in [0.2, 0.25) is 0 Å². The van der Waals surface area contributed by atoms with E-state index in [1.165, 1.54) is 12.8 Å². The van der Waals surface area contributed by atoms with Gasteiger partial charge in [0.15, 0.2) is 0 Å². The fraction of sp³-hybridized carbons (Fsp3) is 0.714. The summed E-state index contributed by atoms with van der Waals surface area (Å²) < 4.78 is 5.21. The van der Waals surface area contributed by atoms with Crippen molar-refractivity contribution < 1.29 is 4.74 Å². The second-order valence-electron chi connectivity index (χ2n) is 5.19. The van der Waals surface area contributed by atoms with E-state index in [1.54, 1.807) is 7.11 Å². The van der Waals surface area contributed by atoms with Crippen LogP contribution in [-0.2, 0) is 4.74 Å². The smallest absolute Gasteiger partial charge is 0.136 e. The van der Waals surface area contributed by atoms with E-state index in [2.05, 4.69) is 36.1 Å². The zero-order chi connectivity index (χ0) is 13.8. The highest BCUT2D eigenvalue weighted by molar-refractivity contribution is 5.50. The number of hydrogen-bond acceptors (Lipinski definition) is 5. The van der Waals surface area contributed by atoms with Crippen molar-refractivity contribution in [3.05, 3.63) is 11.9 Å². The largest absolute Gasteiger partial charge is 0.383 e. The normalized spacial score (nSPS) is 16.2. The van der Waals surface area contributed by atoms with Crippen molar-refractivity contribution in [3.63, 3.8) is 0 Å². The summed E-state index contributed by atoms with van der Waals surface area (Å²) in [4.78, 5) is 11.4. The number of aromatic nitrogens is 2. The molecule has 1 aromatic heterocycles. The van der Waals surface area contributed by atoms with Crippen LogP contribution in [0.5, 0.6) is 0 Å². The lowest BCUT2D eigenvalue weighted by atomic mass is 10.3. The SMILES string of the molecule is CCNc1cc(N(C)C(C)COC)nc(C2CC2)n1. The predicted octanol–water partition coefficient (Wildman–Crippen LogP) is 2.26. The zero-order valence-corrected chi connectivity index (χ0v) is 12.3. The maximum absolute atomic E-state index is 5.21. The molecule has 1 atom stereocenters. The van der Waals surface area contributed by atoms with Gasteiger partial charge in [0.1, 0.15) is 17.5 Å². The van der Waals surface area contributed by atoms with Crippen molar-refractivity contribution in [2.24, 2.45) is 0 Å². The third-order valence-electron chi connectivity index (χ3n) is 3.46. The number of hydrogen-bond donors (Lipinski definition) is 1. The molecule has 0 bridgehead atoms.